The Bertz CT molecular complexity index is 137. The molecule has 11 heavy (non-hydrogen) atoms. The molecule has 1 heterocycles. The van der Waals surface area contributed by atoms with Crippen molar-refractivity contribution < 1.29 is 30.3 Å². The van der Waals surface area contributed by atoms with E-state index in [0.717, 1.165) is 0 Å². The molecule has 0 saturated carbocycles. The van der Waals surface area contributed by atoms with Crippen LogP contribution in [0.4, 0.5) is 0 Å². The van der Waals surface area contributed by atoms with E-state index < -0.39 is 30.9 Å². The van der Waals surface area contributed by atoms with Gasteiger partial charge in [-0.15, -0.1) is 0 Å². The molecule has 0 aromatic heterocycles. The van der Waals surface area contributed by atoms with Crippen molar-refractivity contribution in [1.29, 1.82) is 0 Å². The van der Waals surface area contributed by atoms with Crippen molar-refractivity contribution in [2.24, 2.45) is 0 Å². The van der Waals surface area contributed by atoms with Crippen LogP contribution in [0.2, 0.25) is 0 Å². The predicted molar refractivity (Wildman–Crippen MR) is 31.1 cm³/mol. The van der Waals surface area contributed by atoms with Crippen molar-refractivity contribution in [3.8, 4) is 0 Å². The SMILES string of the molecule is OC(O)[C@H]1O[C@@H](O)[C@H](O)[C@@H]1O. The summed E-state index contributed by atoms with van der Waals surface area (Å²) in [6, 6.07) is 0. The Labute approximate surface area is 62.3 Å². The second kappa shape index (κ2) is 3.02. The number of aliphatic hydroxyl groups excluding tert-OH is 4. The number of hydrogen-bond acceptors (Lipinski definition) is 6. The summed E-state index contributed by atoms with van der Waals surface area (Å²) >= 11 is 0. The van der Waals surface area contributed by atoms with Crippen LogP contribution in [0.5, 0.6) is 0 Å². The minimum atomic E-state index is -1.91. The van der Waals surface area contributed by atoms with Crippen LogP contribution < -0.4 is 0 Å². The number of hydrogen-bond donors (Lipinski definition) is 5. The van der Waals surface area contributed by atoms with Crippen molar-refractivity contribution in [3.63, 3.8) is 0 Å². The Balaban J connectivity index is 2.59. The molecule has 0 bridgehead atoms. The predicted octanol–water partition coefficient (Wildman–Crippen LogP) is -3.26. The average Bonchev–Trinajstić information content (AvgIpc) is 2.17. The molecule has 66 valence electrons. The van der Waals surface area contributed by atoms with E-state index in [4.69, 9.17) is 25.5 Å². The fourth-order valence-electron chi connectivity index (χ4n) is 0.932. The monoisotopic (exact) mass is 166 g/mol. The van der Waals surface area contributed by atoms with Gasteiger partial charge in [0.1, 0.15) is 18.3 Å². The molecule has 6 nitrogen and oxygen atoms in total. The molecule has 0 amide bonds. The maximum Gasteiger partial charge on any atom is 0.184 e. The first-order valence-corrected chi connectivity index (χ1v) is 3.10. The van der Waals surface area contributed by atoms with Crippen molar-refractivity contribution >= 4 is 0 Å². The van der Waals surface area contributed by atoms with Gasteiger partial charge in [-0.3, -0.25) is 0 Å². The van der Waals surface area contributed by atoms with Crippen molar-refractivity contribution in [3.05, 3.63) is 0 Å². The third kappa shape index (κ3) is 1.51. The Kier molecular flexibility index (Phi) is 2.43. The van der Waals surface area contributed by atoms with Crippen LogP contribution in [0, 0.1) is 0 Å². The van der Waals surface area contributed by atoms with Gasteiger partial charge < -0.3 is 30.3 Å². The molecular weight excluding hydrogens is 156 g/mol. The number of rotatable bonds is 1. The topological polar surface area (TPSA) is 110 Å². The van der Waals surface area contributed by atoms with Gasteiger partial charge in [-0.05, 0) is 0 Å². The van der Waals surface area contributed by atoms with Gasteiger partial charge in [-0.1, -0.05) is 0 Å². The molecule has 0 aliphatic carbocycles. The van der Waals surface area contributed by atoms with Crippen LogP contribution in [0.15, 0.2) is 0 Å². The zero-order valence-electron chi connectivity index (χ0n) is 5.53. The standard InChI is InChI=1S/C5H10O6/c6-1-2(7)5(10)11-3(1)4(8)9/h1-10H/t1-,2+,3-,5+/m0/s1. The third-order valence-electron chi connectivity index (χ3n) is 1.57. The Morgan fingerprint density at radius 1 is 1.00 bits per heavy atom. The summed E-state index contributed by atoms with van der Waals surface area (Å²) in [5.41, 5.74) is 0. The fraction of sp³-hybridized carbons (Fsp3) is 1.00. The van der Waals surface area contributed by atoms with Gasteiger partial charge in [0.25, 0.3) is 0 Å². The van der Waals surface area contributed by atoms with Gasteiger partial charge >= 0.3 is 0 Å². The van der Waals surface area contributed by atoms with Crippen LogP contribution in [0.3, 0.4) is 0 Å². The van der Waals surface area contributed by atoms with Crippen molar-refractivity contribution in [2.75, 3.05) is 0 Å². The summed E-state index contributed by atoms with van der Waals surface area (Å²) in [4.78, 5) is 0. The highest BCUT2D eigenvalue weighted by Crippen LogP contribution is 2.20. The molecule has 1 rings (SSSR count). The first kappa shape index (κ1) is 8.85. The molecule has 6 heteroatoms. The van der Waals surface area contributed by atoms with Crippen LogP contribution >= 0.6 is 0 Å². The molecule has 0 spiro atoms. The van der Waals surface area contributed by atoms with E-state index in [1.54, 1.807) is 0 Å². The molecule has 0 radical (unpaired) electrons. The van der Waals surface area contributed by atoms with E-state index in [1.165, 1.54) is 0 Å². The highest BCUT2D eigenvalue weighted by Gasteiger charge is 2.44. The van der Waals surface area contributed by atoms with Crippen LogP contribution in [-0.4, -0.2) is 56.4 Å². The Morgan fingerprint density at radius 3 is 1.73 bits per heavy atom. The van der Waals surface area contributed by atoms with E-state index in [-0.39, 0.29) is 0 Å². The minimum Gasteiger partial charge on any atom is -0.387 e. The molecule has 0 aromatic rings. The summed E-state index contributed by atoms with van der Waals surface area (Å²) in [5.74, 6) is 0. The summed E-state index contributed by atoms with van der Waals surface area (Å²) in [7, 11) is 0. The molecule has 1 fully saturated rings. The lowest BCUT2D eigenvalue weighted by Crippen LogP contribution is -2.38. The first-order chi connectivity index (χ1) is 5.04. The third-order valence-corrected chi connectivity index (χ3v) is 1.57. The van der Waals surface area contributed by atoms with Gasteiger partial charge in [-0.25, -0.2) is 0 Å². The van der Waals surface area contributed by atoms with E-state index in [1.807, 2.05) is 0 Å². The molecule has 1 aliphatic rings. The van der Waals surface area contributed by atoms with Crippen molar-refractivity contribution in [1.82, 2.24) is 0 Å². The molecule has 1 aliphatic heterocycles. The zero-order chi connectivity index (χ0) is 8.59. The van der Waals surface area contributed by atoms with Crippen molar-refractivity contribution in [2.45, 2.75) is 30.9 Å². The summed E-state index contributed by atoms with van der Waals surface area (Å²) in [5, 5.41) is 43.5. The lowest BCUT2D eigenvalue weighted by atomic mass is 10.1. The van der Waals surface area contributed by atoms with Gasteiger partial charge in [0.2, 0.25) is 0 Å². The van der Waals surface area contributed by atoms with Crippen LogP contribution in [-0.2, 0) is 4.74 Å². The minimum absolute atomic E-state index is 1.35. The van der Waals surface area contributed by atoms with Gasteiger partial charge in [0, 0.05) is 0 Å². The smallest absolute Gasteiger partial charge is 0.184 e. The van der Waals surface area contributed by atoms with Gasteiger partial charge in [0.05, 0.1) is 0 Å². The van der Waals surface area contributed by atoms with E-state index in [2.05, 4.69) is 4.74 Å². The lowest BCUT2D eigenvalue weighted by molar-refractivity contribution is -0.191. The summed E-state index contributed by atoms with van der Waals surface area (Å²) in [6.45, 7) is 0. The first-order valence-electron chi connectivity index (χ1n) is 3.10. The maximum absolute atomic E-state index is 8.94. The highest BCUT2D eigenvalue weighted by atomic mass is 16.7. The zero-order valence-corrected chi connectivity index (χ0v) is 5.53. The van der Waals surface area contributed by atoms with Gasteiger partial charge in [-0.2, -0.15) is 0 Å². The second-order valence-corrected chi connectivity index (χ2v) is 2.39. The normalized spacial score (nSPS) is 45.3. The maximum atomic E-state index is 8.94. The molecule has 0 unspecified atom stereocenters. The summed E-state index contributed by atoms with van der Waals surface area (Å²) < 4.78 is 4.40. The van der Waals surface area contributed by atoms with E-state index >= 15 is 0 Å². The largest absolute Gasteiger partial charge is 0.387 e. The van der Waals surface area contributed by atoms with Crippen LogP contribution in [0.25, 0.3) is 0 Å². The van der Waals surface area contributed by atoms with E-state index in [9.17, 15) is 0 Å². The van der Waals surface area contributed by atoms with Crippen LogP contribution in [0.1, 0.15) is 0 Å². The molecule has 1 saturated heterocycles. The quantitative estimate of drug-likeness (QED) is 0.261. The number of aliphatic hydroxyl groups is 5. The molecule has 5 N–H and O–H groups in total. The summed E-state index contributed by atoms with van der Waals surface area (Å²) in [6.07, 6.45) is -7.76. The average molecular weight is 166 g/mol. The highest BCUT2D eigenvalue weighted by molar-refractivity contribution is 4.86. The molecule has 4 atom stereocenters. The van der Waals surface area contributed by atoms with E-state index in [0.29, 0.717) is 0 Å². The number of ether oxygens (including phenoxy) is 1. The Hall–Kier alpha value is -0.240. The lowest BCUT2D eigenvalue weighted by Gasteiger charge is -2.15. The fourth-order valence-corrected chi connectivity index (χ4v) is 0.932. The second-order valence-electron chi connectivity index (χ2n) is 2.39. The Morgan fingerprint density at radius 2 is 1.55 bits per heavy atom. The van der Waals surface area contributed by atoms with Gasteiger partial charge in [0.15, 0.2) is 12.6 Å². The molecular formula is C5H10O6. The molecule has 0 aromatic carbocycles.